The molecule has 1 aliphatic rings. The van der Waals surface area contributed by atoms with Gasteiger partial charge in [-0.2, -0.15) is 0 Å². The molecule has 1 saturated heterocycles. The number of carboxylic acids is 2. The number of hydrogen-bond acceptors (Lipinski definition) is 7. The van der Waals surface area contributed by atoms with Gasteiger partial charge in [0.2, 0.25) is 0 Å². The molecule has 1 fully saturated rings. The molecule has 0 bridgehead atoms. The number of phenolic OH excluding ortho intramolecular Hbond substituents is 1. The maximum Gasteiger partial charge on any atom is 0.354 e. The number of likely N-dealkylation sites (tertiary alicyclic amines) is 1. The summed E-state index contributed by atoms with van der Waals surface area (Å²) in [5.41, 5.74) is 2.73. The van der Waals surface area contributed by atoms with Crippen molar-refractivity contribution in [1.29, 1.82) is 0 Å². The minimum absolute atomic E-state index is 0.0508. The summed E-state index contributed by atoms with van der Waals surface area (Å²) in [6, 6.07) is 14.5. The lowest BCUT2D eigenvalue weighted by Gasteiger charge is -2.16. The van der Waals surface area contributed by atoms with Crippen LogP contribution in [-0.2, 0) is 13.6 Å². The number of hydrogen-bond donors (Lipinski definition) is 3. The summed E-state index contributed by atoms with van der Waals surface area (Å²) in [7, 11) is 1.67. The average Bonchev–Trinajstić information content (AvgIpc) is 3.64. The number of pyridine rings is 1. The molecule has 3 aromatic heterocycles. The van der Waals surface area contributed by atoms with Crippen LogP contribution in [0, 0.1) is 0 Å². The van der Waals surface area contributed by atoms with Crippen LogP contribution >= 0.6 is 0 Å². The second-order valence-electron chi connectivity index (χ2n) is 10.0. The van der Waals surface area contributed by atoms with Crippen molar-refractivity contribution in [2.45, 2.75) is 19.0 Å². The predicted octanol–water partition coefficient (Wildman–Crippen LogP) is 3.14. The van der Waals surface area contributed by atoms with Gasteiger partial charge in [0.15, 0.2) is 5.65 Å². The Kier molecular flexibility index (Phi) is 6.39. The van der Waals surface area contributed by atoms with Gasteiger partial charge >= 0.3 is 17.6 Å². The number of aromatic carboxylic acids is 2. The zero-order valence-corrected chi connectivity index (χ0v) is 22.0. The summed E-state index contributed by atoms with van der Waals surface area (Å²) >= 11 is 0. The highest BCUT2D eigenvalue weighted by atomic mass is 16.4. The quantitative estimate of drug-likeness (QED) is 0.275. The summed E-state index contributed by atoms with van der Waals surface area (Å²) < 4.78 is 4.78. The maximum absolute atomic E-state index is 13.9. The number of imidazole rings is 2. The summed E-state index contributed by atoms with van der Waals surface area (Å²) in [6.45, 7) is 1.70. The number of phenols is 1. The molecule has 1 atom stereocenters. The fourth-order valence-electron chi connectivity index (χ4n) is 5.48. The number of carboxylic acid groups (broad SMARTS) is 2. The molecule has 6 rings (SSSR count). The van der Waals surface area contributed by atoms with E-state index in [0.717, 1.165) is 0 Å². The second kappa shape index (κ2) is 10.1. The molecule has 0 aliphatic carbocycles. The molecule has 3 N–H and O–H groups in total. The summed E-state index contributed by atoms with van der Waals surface area (Å²) in [5, 5.41) is 29.4. The first-order valence-electron chi connectivity index (χ1n) is 12.9. The van der Waals surface area contributed by atoms with Crippen molar-refractivity contribution in [2.24, 2.45) is 7.05 Å². The van der Waals surface area contributed by atoms with Crippen LogP contribution in [0.4, 0.5) is 0 Å². The predicted molar refractivity (Wildman–Crippen MR) is 148 cm³/mol. The topological polar surface area (TPSA) is 156 Å². The van der Waals surface area contributed by atoms with Crippen molar-refractivity contribution < 1.29 is 24.9 Å². The molecule has 12 nitrogen and oxygen atoms in total. The Balaban J connectivity index is 1.32. The molecule has 4 heterocycles. The number of rotatable bonds is 7. The fraction of sp³-hybridized carbons (Fsp3) is 0.207. The molecule has 208 valence electrons. The maximum atomic E-state index is 13.9. The largest absolute Gasteiger partial charge is 0.507 e. The van der Waals surface area contributed by atoms with Crippen molar-refractivity contribution in [3.8, 4) is 22.6 Å². The van der Waals surface area contributed by atoms with Gasteiger partial charge in [-0.05, 0) is 48.4 Å². The smallest absolute Gasteiger partial charge is 0.354 e. The Bertz CT molecular complexity index is 1870. The van der Waals surface area contributed by atoms with E-state index in [1.165, 1.54) is 29.0 Å². The van der Waals surface area contributed by atoms with Crippen LogP contribution in [-0.4, -0.2) is 68.9 Å². The zero-order valence-electron chi connectivity index (χ0n) is 22.0. The van der Waals surface area contributed by atoms with E-state index in [2.05, 4.69) is 14.9 Å². The normalized spacial score (nSPS) is 15.5. The van der Waals surface area contributed by atoms with Crippen LogP contribution in [0.1, 0.15) is 39.1 Å². The van der Waals surface area contributed by atoms with E-state index in [1.54, 1.807) is 52.7 Å². The van der Waals surface area contributed by atoms with E-state index in [9.17, 15) is 24.6 Å². The Morgan fingerprint density at radius 2 is 1.80 bits per heavy atom. The molecule has 41 heavy (non-hydrogen) atoms. The molecule has 0 spiro atoms. The zero-order chi connectivity index (χ0) is 28.8. The van der Waals surface area contributed by atoms with E-state index in [1.807, 2.05) is 6.07 Å². The van der Waals surface area contributed by atoms with Crippen LogP contribution in [0.2, 0.25) is 0 Å². The third kappa shape index (κ3) is 4.53. The van der Waals surface area contributed by atoms with Crippen LogP contribution in [0.15, 0.2) is 71.8 Å². The van der Waals surface area contributed by atoms with Gasteiger partial charge in [0.05, 0.1) is 35.6 Å². The third-order valence-electron chi connectivity index (χ3n) is 7.60. The standard InChI is InChI=1S/C29H26N6O6/c1-32-23(28(39)40)14-31-25(32)16-33-12-10-20(15-33)35-26-22(3-2-11-30-26)34(29(35)41)19-8-9-21(24(36)13-19)17-4-6-18(7-5-17)27(37)38/h2-9,11,13-14,20,36H,10,12,15-16H2,1H3,(H,37,38)(H,39,40)/t20-/m0/s1. The lowest BCUT2D eigenvalue weighted by atomic mass is 10.0. The van der Waals surface area contributed by atoms with Crippen molar-refractivity contribution in [3.63, 3.8) is 0 Å². The second-order valence-corrected chi connectivity index (χ2v) is 10.0. The van der Waals surface area contributed by atoms with E-state index in [0.29, 0.717) is 59.9 Å². The van der Waals surface area contributed by atoms with Gasteiger partial charge in [-0.3, -0.25) is 14.0 Å². The number of nitrogens with zero attached hydrogens (tertiary/aromatic N) is 6. The Hall–Kier alpha value is -5.23. The van der Waals surface area contributed by atoms with Crippen LogP contribution in [0.25, 0.3) is 28.0 Å². The molecule has 12 heteroatoms. The number of aromatic nitrogens is 5. The van der Waals surface area contributed by atoms with Gasteiger partial charge in [0, 0.05) is 38.0 Å². The van der Waals surface area contributed by atoms with E-state index >= 15 is 0 Å². The number of fused-ring (bicyclic) bond motifs is 1. The molecule has 0 amide bonds. The highest BCUT2D eigenvalue weighted by Gasteiger charge is 2.30. The average molecular weight is 555 g/mol. The van der Waals surface area contributed by atoms with Crippen molar-refractivity contribution in [2.75, 3.05) is 13.1 Å². The van der Waals surface area contributed by atoms with Gasteiger partial charge in [0.25, 0.3) is 0 Å². The molecule has 2 aromatic carbocycles. The van der Waals surface area contributed by atoms with E-state index < -0.39 is 11.9 Å². The van der Waals surface area contributed by atoms with Crippen molar-refractivity contribution in [1.82, 2.24) is 28.6 Å². The molecule has 0 unspecified atom stereocenters. The SMILES string of the molecule is Cn1c(C(=O)O)cnc1CN1CC[C@H](n2c(=O)n(-c3ccc(-c4ccc(C(=O)O)cc4)c(O)c3)c3cccnc32)C1. The number of aromatic hydroxyl groups is 1. The van der Waals surface area contributed by atoms with Gasteiger partial charge in [-0.15, -0.1) is 0 Å². The first-order valence-corrected chi connectivity index (χ1v) is 12.9. The summed E-state index contributed by atoms with van der Waals surface area (Å²) in [6.07, 6.45) is 3.68. The Morgan fingerprint density at radius 1 is 1.02 bits per heavy atom. The molecule has 1 aliphatic heterocycles. The monoisotopic (exact) mass is 554 g/mol. The summed E-state index contributed by atoms with van der Waals surface area (Å²) in [5.74, 6) is -1.49. The number of carbonyl (C=O) groups is 2. The first-order chi connectivity index (χ1) is 19.7. The summed E-state index contributed by atoms with van der Waals surface area (Å²) in [4.78, 5) is 47.4. The molecule has 5 aromatic rings. The van der Waals surface area contributed by atoms with E-state index in [-0.39, 0.29) is 28.7 Å². The fourth-order valence-corrected chi connectivity index (χ4v) is 5.48. The van der Waals surface area contributed by atoms with Crippen LogP contribution in [0.3, 0.4) is 0 Å². The molecule has 0 radical (unpaired) electrons. The lowest BCUT2D eigenvalue weighted by Crippen LogP contribution is -2.29. The molecular formula is C29H26N6O6. The van der Waals surface area contributed by atoms with Gasteiger partial charge in [0.1, 0.15) is 17.3 Å². The van der Waals surface area contributed by atoms with E-state index in [4.69, 9.17) is 5.11 Å². The van der Waals surface area contributed by atoms with Crippen LogP contribution in [0.5, 0.6) is 5.75 Å². The molecule has 0 saturated carbocycles. The van der Waals surface area contributed by atoms with Gasteiger partial charge < -0.3 is 19.9 Å². The van der Waals surface area contributed by atoms with Crippen LogP contribution < -0.4 is 5.69 Å². The van der Waals surface area contributed by atoms with Gasteiger partial charge in [-0.1, -0.05) is 12.1 Å². The highest BCUT2D eigenvalue weighted by molar-refractivity contribution is 5.88. The minimum Gasteiger partial charge on any atom is -0.507 e. The first kappa shape index (κ1) is 26.0. The number of benzene rings is 2. The highest BCUT2D eigenvalue weighted by Crippen LogP contribution is 2.33. The minimum atomic E-state index is -1.04. The Labute approximate surface area is 233 Å². The van der Waals surface area contributed by atoms with Gasteiger partial charge in [-0.25, -0.2) is 24.4 Å². The lowest BCUT2D eigenvalue weighted by molar-refractivity contribution is 0.0679. The Morgan fingerprint density at radius 3 is 2.49 bits per heavy atom. The third-order valence-corrected chi connectivity index (χ3v) is 7.60. The molecular weight excluding hydrogens is 528 g/mol. The van der Waals surface area contributed by atoms with Crippen molar-refractivity contribution >= 4 is 23.1 Å². The van der Waals surface area contributed by atoms with Crippen molar-refractivity contribution in [3.05, 3.63) is 94.6 Å².